The first kappa shape index (κ1) is 14.7. The molecular weight excluding hydrogens is 326 g/mol. The fraction of sp³-hybridized carbons (Fsp3) is 0.0476. The molecule has 5 rings (SSSR count). The van der Waals surface area contributed by atoms with Gasteiger partial charge in [-0.3, -0.25) is 19.1 Å². The Balaban J connectivity index is 1.87. The fourth-order valence-electron chi connectivity index (χ4n) is 3.67. The highest BCUT2D eigenvalue weighted by Gasteiger charge is 2.30. The van der Waals surface area contributed by atoms with Crippen LogP contribution in [0.15, 0.2) is 61.2 Å². The van der Waals surface area contributed by atoms with Crippen LogP contribution in [-0.4, -0.2) is 26.2 Å². The first-order valence-electron chi connectivity index (χ1n) is 8.26. The lowest BCUT2D eigenvalue weighted by Crippen LogP contribution is -2.19. The van der Waals surface area contributed by atoms with Crippen LogP contribution < -0.4 is 0 Å². The van der Waals surface area contributed by atoms with Gasteiger partial charge in [0.1, 0.15) is 6.33 Å². The van der Waals surface area contributed by atoms with Crippen LogP contribution in [0.25, 0.3) is 22.0 Å². The fourth-order valence-corrected chi connectivity index (χ4v) is 3.67. The first-order valence-corrected chi connectivity index (χ1v) is 8.26. The van der Waals surface area contributed by atoms with Crippen LogP contribution in [0.2, 0.25) is 0 Å². The van der Waals surface area contributed by atoms with E-state index in [1.54, 1.807) is 24.5 Å². The highest BCUT2D eigenvalue weighted by Crippen LogP contribution is 2.40. The summed E-state index contributed by atoms with van der Waals surface area (Å²) < 4.78 is 1.39. The Labute approximate surface area is 148 Å². The van der Waals surface area contributed by atoms with Crippen molar-refractivity contribution in [2.45, 2.75) is 6.92 Å². The molecule has 0 aliphatic heterocycles. The lowest BCUT2D eigenvalue weighted by molar-refractivity contribution is 0.0948. The molecule has 4 aromatic rings. The number of hydrogen-bond donors (Lipinski definition) is 0. The van der Waals surface area contributed by atoms with Gasteiger partial charge in [0.2, 0.25) is 0 Å². The summed E-state index contributed by atoms with van der Waals surface area (Å²) in [5.41, 5.74) is 4.79. The lowest BCUT2D eigenvalue weighted by Gasteiger charge is -2.22. The van der Waals surface area contributed by atoms with Gasteiger partial charge in [-0.15, -0.1) is 0 Å². The van der Waals surface area contributed by atoms with E-state index in [0.29, 0.717) is 16.7 Å². The molecule has 0 fully saturated rings. The maximum absolute atomic E-state index is 13.3. The Kier molecular flexibility index (Phi) is 2.94. The van der Waals surface area contributed by atoms with Crippen LogP contribution in [0.3, 0.4) is 0 Å². The van der Waals surface area contributed by atoms with E-state index in [2.05, 4.69) is 9.97 Å². The zero-order valence-electron chi connectivity index (χ0n) is 13.9. The molecule has 26 heavy (non-hydrogen) atoms. The van der Waals surface area contributed by atoms with Crippen molar-refractivity contribution < 1.29 is 9.59 Å². The number of fused-ring (bicyclic) bond motifs is 2. The van der Waals surface area contributed by atoms with Crippen molar-refractivity contribution in [1.29, 1.82) is 0 Å². The SMILES string of the molecule is Cc1cc2c3c(cccc3n1)C(=O)c1c(C(=O)n3ccnc3)cccc1-2. The third-order valence-electron chi connectivity index (χ3n) is 4.76. The summed E-state index contributed by atoms with van der Waals surface area (Å²) in [5, 5.41) is 0.850. The van der Waals surface area contributed by atoms with E-state index in [1.165, 1.54) is 10.9 Å². The molecule has 0 bridgehead atoms. The Morgan fingerprint density at radius 3 is 2.65 bits per heavy atom. The van der Waals surface area contributed by atoms with E-state index in [9.17, 15) is 9.59 Å². The molecule has 0 amide bonds. The minimum atomic E-state index is -0.269. The number of carbonyl (C=O) groups is 2. The largest absolute Gasteiger partial charge is 0.289 e. The van der Waals surface area contributed by atoms with Gasteiger partial charge >= 0.3 is 0 Å². The maximum atomic E-state index is 13.3. The van der Waals surface area contributed by atoms with Crippen LogP contribution in [0.4, 0.5) is 0 Å². The molecule has 0 saturated heterocycles. The highest BCUT2D eigenvalue weighted by molar-refractivity contribution is 6.28. The summed E-state index contributed by atoms with van der Waals surface area (Å²) in [5.74, 6) is -0.415. The van der Waals surface area contributed by atoms with Crippen molar-refractivity contribution >= 4 is 22.6 Å². The van der Waals surface area contributed by atoms with Crippen molar-refractivity contribution in [3.8, 4) is 11.1 Å². The van der Waals surface area contributed by atoms with E-state index in [-0.39, 0.29) is 11.7 Å². The predicted molar refractivity (Wildman–Crippen MR) is 97.3 cm³/mol. The number of benzene rings is 2. The second-order valence-corrected chi connectivity index (χ2v) is 6.34. The summed E-state index contributed by atoms with van der Waals surface area (Å²) >= 11 is 0. The molecule has 5 nitrogen and oxygen atoms in total. The number of rotatable bonds is 1. The Hall–Kier alpha value is -3.60. The van der Waals surface area contributed by atoms with E-state index < -0.39 is 0 Å². The highest BCUT2D eigenvalue weighted by atomic mass is 16.2. The molecule has 2 aromatic heterocycles. The van der Waals surface area contributed by atoms with Gasteiger partial charge in [-0.25, -0.2) is 4.98 Å². The van der Waals surface area contributed by atoms with Gasteiger partial charge in [0.05, 0.1) is 11.1 Å². The summed E-state index contributed by atoms with van der Waals surface area (Å²) in [6, 6.07) is 12.9. The second kappa shape index (κ2) is 5.20. The smallest absolute Gasteiger partial charge is 0.263 e. The van der Waals surface area contributed by atoms with Gasteiger partial charge in [0, 0.05) is 34.6 Å². The van der Waals surface area contributed by atoms with E-state index in [4.69, 9.17) is 0 Å². The van der Waals surface area contributed by atoms with E-state index in [1.807, 2.05) is 37.3 Å². The lowest BCUT2D eigenvalue weighted by atomic mass is 9.81. The molecular formula is C21H13N3O2. The number of imidazole rings is 1. The number of pyridine rings is 1. The van der Waals surface area contributed by atoms with E-state index in [0.717, 1.165) is 27.7 Å². The molecule has 0 spiro atoms. The molecule has 0 unspecified atom stereocenters. The van der Waals surface area contributed by atoms with Crippen molar-refractivity contribution in [3.63, 3.8) is 0 Å². The number of hydrogen-bond acceptors (Lipinski definition) is 4. The molecule has 1 aliphatic rings. The average molecular weight is 339 g/mol. The summed E-state index contributed by atoms with van der Waals surface area (Å²) in [6.07, 6.45) is 4.57. The molecule has 5 heteroatoms. The first-order chi connectivity index (χ1) is 12.6. The minimum Gasteiger partial charge on any atom is -0.289 e. The Morgan fingerprint density at radius 1 is 1.04 bits per heavy atom. The van der Waals surface area contributed by atoms with Gasteiger partial charge in [-0.05, 0) is 36.2 Å². The Morgan fingerprint density at radius 2 is 1.85 bits per heavy atom. The van der Waals surface area contributed by atoms with E-state index >= 15 is 0 Å². The number of ketones is 1. The van der Waals surface area contributed by atoms with Crippen molar-refractivity contribution in [3.05, 3.63) is 83.6 Å². The van der Waals surface area contributed by atoms with Crippen LogP contribution >= 0.6 is 0 Å². The topological polar surface area (TPSA) is 64.8 Å². The van der Waals surface area contributed by atoms with Crippen molar-refractivity contribution in [2.75, 3.05) is 0 Å². The second-order valence-electron chi connectivity index (χ2n) is 6.34. The summed E-state index contributed by atoms with van der Waals surface area (Å²) in [4.78, 5) is 34.7. The van der Waals surface area contributed by atoms with Crippen LogP contribution in [0.1, 0.15) is 32.0 Å². The number of aromatic nitrogens is 3. The van der Waals surface area contributed by atoms with Crippen LogP contribution in [0, 0.1) is 6.92 Å². The summed E-state index contributed by atoms with van der Waals surface area (Å²) in [7, 11) is 0. The zero-order chi connectivity index (χ0) is 17.8. The molecule has 124 valence electrons. The number of aryl methyl sites for hydroxylation is 1. The third kappa shape index (κ3) is 1.91. The summed E-state index contributed by atoms with van der Waals surface area (Å²) in [6.45, 7) is 1.93. The van der Waals surface area contributed by atoms with Gasteiger partial charge in [0.15, 0.2) is 5.78 Å². The zero-order valence-corrected chi connectivity index (χ0v) is 13.9. The molecule has 1 aliphatic carbocycles. The number of nitrogens with zero attached hydrogens (tertiary/aromatic N) is 3. The maximum Gasteiger partial charge on any atom is 0.263 e. The standard InChI is InChI=1S/C21H13N3O2/c1-12-10-16-13-4-2-6-15(21(26)24-9-8-22-11-24)19(13)20(25)14-5-3-7-17(23-12)18(14)16/h2-11H,1H3. The third-order valence-corrected chi connectivity index (χ3v) is 4.76. The molecule has 2 heterocycles. The predicted octanol–water partition coefficient (Wildman–Crippen LogP) is 3.64. The quantitative estimate of drug-likeness (QED) is 0.468. The van der Waals surface area contributed by atoms with Crippen LogP contribution in [0.5, 0.6) is 0 Å². The number of carbonyl (C=O) groups excluding carboxylic acids is 2. The van der Waals surface area contributed by atoms with Crippen molar-refractivity contribution in [1.82, 2.24) is 14.5 Å². The molecule has 0 atom stereocenters. The minimum absolute atomic E-state index is 0.146. The molecule has 0 N–H and O–H groups in total. The average Bonchev–Trinajstić information content (AvgIpc) is 3.19. The van der Waals surface area contributed by atoms with Crippen molar-refractivity contribution in [2.24, 2.45) is 0 Å². The van der Waals surface area contributed by atoms with Gasteiger partial charge in [0.25, 0.3) is 5.91 Å². The van der Waals surface area contributed by atoms with Crippen LogP contribution in [-0.2, 0) is 0 Å². The Bertz CT molecular complexity index is 1220. The molecule has 0 saturated carbocycles. The molecule has 2 aromatic carbocycles. The van der Waals surface area contributed by atoms with Gasteiger partial charge < -0.3 is 0 Å². The monoisotopic (exact) mass is 339 g/mol. The van der Waals surface area contributed by atoms with Gasteiger partial charge in [-0.1, -0.05) is 24.3 Å². The normalized spacial score (nSPS) is 12.3. The van der Waals surface area contributed by atoms with Gasteiger partial charge in [-0.2, -0.15) is 0 Å². The molecule has 0 radical (unpaired) electrons.